The van der Waals surface area contributed by atoms with Gasteiger partial charge < -0.3 is 5.73 Å². The Morgan fingerprint density at radius 1 is 1.69 bits per heavy atom. The Morgan fingerprint density at radius 2 is 2.31 bits per heavy atom. The summed E-state index contributed by atoms with van der Waals surface area (Å²) in [6.45, 7) is 6.32. The Balaban J connectivity index is 2.77. The van der Waals surface area contributed by atoms with Crippen LogP contribution in [0.5, 0.6) is 0 Å². The van der Waals surface area contributed by atoms with Gasteiger partial charge in [0.1, 0.15) is 0 Å². The molecule has 2 atom stereocenters. The van der Waals surface area contributed by atoms with Gasteiger partial charge in [0.2, 0.25) is 0 Å². The highest BCUT2D eigenvalue weighted by molar-refractivity contribution is 5.93. The third-order valence-electron chi connectivity index (χ3n) is 2.80. The third-order valence-corrected chi connectivity index (χ3v) is 2.80. The summed E-state index contributed by atoms with van der Waals surface area (Å²) in [7, 11) is 0. The van der Waals surface area contributed by atoms with E-state index in [1.807, 2.05) is 13.0 Å². The van der Waals surface area contributed by atoms with Gasteiger partial charge in [0.05, 0.1) is 0 Å². The van der Waals surface area contributed by atoms with E-state index >= 15 is 0 Å². The molecule has 0 radical (unpaired) electrons. The van der Waals surface area contributed by atoms with E-state index in [4.69, 9.17) is 5.73 Å². The minimum Gasteiger partial charge on any atom is -0.327 e. The summed E-state index contributed by atoms with van der Waals surface area (Å²) in [5.41, 5.74) is 6.03. The topological polar surface area (TPSA) is 43.1 Å². The number of hydrogen-bond donors (Lipinski definition) is 1. The molecule has 0 fully saturated rings. The van der Waals surface area contributed by atoms with E-state index in [1.54, 1.807) is 6.08 Å². The van der Waals surface area contributed by atoms with Crippen LogP contribution in [0.1, 0.15) is 33.6 Å². The summed E-state index contributed by atoms with van der Waals surface area (Å²) in [5, 5.41) is 0. The molecule has 0 saturated carbocycles. The molecule has 1 aliphatic rings. The van der Waals surface area contributed by atoms with Crippen LogP contribution in [0.2, 0.25) is 0 Å². The fourth-order valence-electron chi connectivity index (χ4n) is 1.81. The molecule has 13 heavy (non-hydrogen) atoms. The SMILES string of the molecule is CCC(N)C1CC(C)(C)C=CC1=O. The minimum absolute atomic E-state index is 0.0247. The highest BCUT2D eigenvalue weighted by atomic mass is 16.1. The number of carbonyl (C=O) groups is 1. The van der Waals surface area contributed by atoms with Crippen LogP contribution in [0.3, 0.4) is 0 Å². The average molecular weight is 181 g/mol. The number of ketones is 1. The van der Waals surface area contributed by atoms with Gasteiger partial charge in [0, 0.05) is 12.0 Å². The van der Waals surface area contributed by atoms with E-state index in [1.165, 1.54) is 0 Å². The Labute approximate surface area is 80.2 Å². The van der Waals surface area contributed by atoms with Gasteiger partial charge in [-0.2, -0.15) is 0 Å². The minimum atomic E-state index is 0.0247. The van der Waals surface area contributed by atoms with Crippen molar-refractivity contribution in [2.45, 2.75) is 39.7 Å². The van der Waals surface area contributed by atoms with Crippen LogP contribution in [0.4, 0.5) is 0 Å². The Kier molecular flexibility index (Phi) is 2.91. The maximum Gasteiger partial charge on any atom is 0.160 e. The first-order valence-corrected chi connectivity index (χ1v) is 4.95. The second-order valence-electron chi connectivity index (χ2n) is 4.61. The molecule has 1 rings (SSSR count). The Morgan fingerprint density at radius 3 is 2.85 bits per heavy atom. The first-order valence-electron chi connectivity index (χ1n) is 4.95. The zero-order valence-electron chi connectivity index (χ0n) is 8.71. The van der Waals surface area contributed by atoms with Crippen LogP contribution >= 0.6 is 0 Å². The monoisotopic (exact) mass is 181 g/mol. The standard InChI is InChI=1S/C11H19NO/c1-4-9(12)8-7-11(2,3)6-5-10(8)13/h5-6,8-9H,4,7,12H2,1-3H3. The molecular formula is C11H19NO. The lowest BCUT2D eigenvalue weighted by atomic mass is 9.73. The fraction of sp³-hybridized carbons (Fsp3) is 0.727. The second-order valence-corrected chi connectivity index (χ2v) is 4.61. The van der Waals surface area contributed by atoms with Crippen LogP contribution in [0.25, 0.3) is 0 Å². The van der Waals surface area contributed by atoms with Gasteiger partial charge in [-0.05, 0) is 24.3 Å². The van der Waals surface area contributed by atoms with Crippen LogP contribution in [-0.4, -0.2) is 11.8 Å². The first-order chi connectivity index (χ1) is 5.96. The summed E-state index contributed by atoms with van der Waals surface area (Å²) in [6.07, 6.45) is 5.45. The van der Waals surface area contributed by atoms with E-state index in [-0.39, 0.29) is 23.2 Å². The summed E-state index contributed by atoms with van der Waals surface area (Å²) < 4.78 is 0. The molecule has 0 aliphatic heterocycles. The van der Waals surface area contributed by atoms with Crippen molar-refractivity contribution in [3.63, 3.8) is 0 Å². The van der Waals surface area contributed by atoms with Crippen LogP contribution in [-0.2, 0) is 4.79 Å². The van der Waals surface area contributed by atoms with Crippen molar-refractivity contribution in [2.24, 2.45) is 17.1 Å². The van der Waals surface area contributed by atoms with Crippen molar-refractivity contribution in [3.05, 3.63) is 12.2 Å². The smallest absolute Gasteiger partial charge is 0.160 e. The molecule has 74 valence electrons. The number of carbonyl (C=O) groups excluding carboxylic acids is 1. The molecule has 0 heterocycles. The van der Waals surface area contributed by atoms with Crippen molar-refractivity contribution < 1.29 is 4.79 Å². The van der Waals surface area contributed by atoms with E-state index in [2.05, 4.69) is 13.8 Å². The van der Waals surface area contributed by atoms with E-state index < -0.39 is 0 Å². The van der Waals surface area contributed by atoms with E-state index in [0.717, 1.165) is 12.8 Å². The average Bonchev–Trinajstić information content (AvgIpc) is 2.08. The molecule has 2 nitrogen and oxygen atoms in total. The van der Waals surface area contributed by atoms with Gasteiger partial charge in [0.25, 0.3) is 0 Å². The lowest BCUT2D eigenvalue weighted by Gasteiger charge is -2.32. The Bertz CT molecular complexity index is 230. The van der Waals surface area contributed by atoms with Crippen molar-refractivity contribution in [2.75, 3.05) is 0 Å². The van der Waals surface area contributed by atoms with E-state index in [0.29, 0.717) is 0 Å². The maximum atomic E-state index is 11.5. The molecule has 0 aromatic carbocycles. The highest BCUT2D eigenvalue weighted by Gasteiger charge is 2.32. The quantitative estimate of drug-likeness (QED) is 0.707. The Hall–Kier alpha value is -0.630. The number of allylic oxidation sites excluding steroid dienone is 2. The highest BCUT2D eigenvalue weighted by Crippen LogP contribution is 2.33. The predicted octanol–water partition coefficient (Wildman–Crippen LogP) is 1.90. The predicted molar refractivity (Wildman–Crippen MR) is 54.3 cm³/mol. The zero-order valence-corrected chi connectivity index (χ0v) is 8.71. The summed E-state index contributed by atoms with van der Waals surface area (Å²) in [6, 6.07) is 0.0247. The second kappa shape index (κ2) is 3.62. The number of rotatable bonds is 2. The van der Waals surface area contributed by atoms with E-state index in [9.17, 15) is 4.79 Å². The maximum absolute atomic E-state index is 11.5. The molecule has 0 saturated heterocycles. The van der Waals surface area contributed by atoms with Crippen molar-refractivity contribution in [1.29, 1.82) is 0 Å². The first kappa shape index (κ1) is 10.5. The van der Waals surface area contributed by atoms with Crippen molar-refractivity contribution >= 4 is 5.78 Å². The number of nitrogens with two attached hydrogens (primary N) is 1. The van der Waals surface area contributed by atoms with Gasteiger partial charge in [-0.1, -0.05) is 26.8 Å². The lowest BCUT2D eigenvalue weighted by Crippen LogP contribution is -2.39. The van der Waals surface area contributed by atoms with Gasteiger partial charge >= 0.3 is 0 Å². The third kappa shape index (κ3) is 2.41. The molecule has 1 aliphatic carbocycles. The molecular weight excluding hydrogens is 162 g/mol. The largest absolute Gasteiger partial charge is 0.327 e. The van der Waals surface area contributed by atoms with Gasteiger partial charge in [-0.25, -0.2) is 0 Å². The molecule has 0 amide bonds. The summed E-state index contributed by atoms with van der Waals surface area (Å²) in [5.74, 6) is 0.235. The normalized spacial score (nSPS) is 28.9. The van der Waals surface area contributed by atoms with Crippen molar-refractivity contribution in [1.82, 2.24) is 0 Å². The lowest BCUT2D eigenvalue weighted by molar-refractivity contribution is -0.120. The molecule has 0 aromatic rings. The molecule has 0 spiro atoms. The molecule has 0 bridgehead atoms. The van der Waals surface area contributed by atoms with Crippen LogP contribution < -0.4 is 5.73 Å². The summed E-state index contributed by atoms with van der Waals surface area (Å²) >= 11 is 0. The molecule has 2 unspecified atom stereocenters. The van der Waals surface area contributed by atoms with Crippen LogP contribution in [0.15, 0.2) is 12.2 Å². The fourth-order valence-corrected chi connectivity index (χ4v) is 1.81. The van der Waals surface area contributed by atoms with Gasteiger partial charge in [-0.15, -0.1) is 0 Å². The molecule has 2 N–H and O–H groups in total. The van der Waals surface area contributed by atoms with Crippen LogP contribution in [0, 0.1) is 11.3 Å². The summed E-state index contributed by atoms with van der Waals surface area (Å²) in [4.78, 5) is 11.5. The molecule has 0 aromatic heterocycles. The zero-order chi connectivity index (χ0) is 10.1. The van der Waals surface area contributed by atoms with Crippen molar-refractivity contribution in [3.8, 4) is 0 Å². The number of hydrogen-bond acceptors (Lipinski definition) is 2. The molecule has 2 heteroatoms. The van der Waals surface area contributed by atoms with Gasteiger partial charge in [0.15, 0.2) is 5.78 Å². The van der Waals surface area contributed by atoms with Gasteiger partial charge in [-0.3, -0.25) is 4.79 Å².